The lowest BCUT2D eigenvalue weighted by Crippen LogP contribution is -2.02. The molecule has 2 aromatic rings. The first kappa shape index (κ1) is 12.2. The Labute approximate surface area is 105 Å². The topological polar surface area (TPSA) is 57.5 Å². The minimum atomic E-state index is -0.254. The van der Waals surface area contributed by atoms with Gasteiger partial charge in [0.2, 0.25) is 0 Å². The van der Waals surface area contributed by atoms with E-state index in [1.807, 2.05) is 19.9 Å². The highest BCUT2D eigenvalue weighted by molar-refractivity contribution is 6.10. The highest BCUT2D eigenvalue weighted by atomic mass is 16.3. The number of aryl methyl sites for hydroxylation is 2. The predicted molar refractivity (Wildman–Crippen MR) is 69.1 cm³/mol. The minimum Gasteiger partial charge on any atom is -0.508 e. The van der Waals surface area contributed by atoms with Crippen molar-refractivity contribution in [3.05, 3.63) is 58.7 Å². The van der Waals surface area contributed by atoms with Crippen LogP contribution in [-0.4, -0.2) is 16.0 Å². The normalized spacial score (nSPS) is 10.3. The van der Waals surface area contributed by atoms with E-state index in [2.05, 4.69) is 0 Å². The van der Waals surface area contributed by atoms with Gasteiger partial charge in [-0.05, 0) is 43.2 Å². The summed E-state index contributed by atoms with van der Waals surface area (Å²) in [6.07, 6.45) is 0. The van der Waals surface area contributed by atoms with Gasteiger partial charge >= 0.3 is 0 Å². The van der Waals surface area contributed by atoms with E-state index >= 15 is 0 Å². The maximum Gasteiger partial charge on any atom is 0.196 e. The molecule has 2 aromatic carbocycles. The van der Waals surface area contributed by atoms with Crippen molar-refractivity contribution in [2.45, 2.75) is 13.8 Å². The zero-order chi connectivity index (χ0) is 13.3. The number of rotatable bonds is 2. The number of phenolic OH excluding ortho intramolecular Hbond substituents is 2. The fourth-order valence-corrected chi connectivity index (χ4v) is 1.75. The number of carbonyl (C=O) groups is 1. The van der Waals surface area contributed by atoms with Gasteiger partial charge in [0.25, 0.3) is 0 Å². The van der Waals surface area contributed by atoms with E-state index in [4.69, 9.17) is 0 Å². The predicted octanol–water partition coefficient (Wildman–Crippen LogP) is 2.95. The van der Waals surface area contributed by atoms with Crippen molar-refractivity contribution in [3.8, 4) is 11.5 Å². The second-order valence-corrected chi connectivity index (χ2v) is 4.33. The van der Waals surface area contributed by atoms with Crippen molar-refractivity contribution in [2.75, 3.05) is 0 Å². The summed E-state index contributed by atoms with van der Waals surface area (Å²) in [5, 5.41) is 18.9. The van der Waals surface area contributed by atoms with Crippen LogP contribution in [0.25, 0.3) is 0 Å². The fraction of sp³-hybridized carbons (Fsp3) is 0.133. The van der Waals surface area contributed by atoms with Crippen LogP contribution in [0, 0.1) is 13.8 Å². The zero-order valence-electron chi connectivity index (χ0n) is 10.3. The summed E-state index contributed by atoms with van der Waals surface area (Å²) in [4.78, 5) is 12.2. The Morgan fingerprint density at radius 1 is 0.944 bits per heavy atom. The largest absolute Gasteiger partial charge is 0.508 e. The van der Waals surface area contributed by atoms with Crippen LogP contribution >= 0.6 is 0 Å². The van der Waals surface area contributed by atoms with Crippen LogP contribution in [0.15, 0.2) is 36.4 Å². The first-order valence-corrected chi connectivity index (χ1v) is 5.63. The molecule has 0 unspecified atom stereocenters. The number of benzene rings is 2. The second-order valence-electron chi connectivity index (χ2n) is 4.33. The molecule has 0 aliphatic carbocycles. The van der Waals surface area contributed by atoms with Gasteiger partial charge in [-0.2, -0.15) is 0 Å². The molecule has 0 aliphatic heterocycles. The molecule has 0 heterocycles. The SMILES string of the molecule is Cc1ccc(C(=O)c2ccc(O)cc2O)cc1C. The summed E-state index contributed by atoms with van der Waals surface area (Å²) in [5.41, 5.74) is 2.86. The lowest BCUT2D eigenvalue weighted by atomic mass is 9.99. The van der Waals surface area contributed by atoms with Crippen molar-refractivity contribution in [1.82, 2.24) is 0 Å². The number of hydrogen-bond acceptors (Lipinski definition) is 3. The third kappa shape index (κ3) is 2.20. The first-order valence-electron chi connectivity index (χ1n) is 5.63. The summed E-state index contributed by atoms with van der Waals surface area (Å²) < 4.78 is 0. The number of ketones is 1. The number of hydrogen-bond donors (Lipinski definition) is 2. The van der Waals surface area contributed by atoms with Gasteiger partial charge in [-0.3, -0.25) is 4.79 Å². The molecule has 92 valence electrons. The Morgan fingerprint density at radius 2 is 1.67 bits per heavy atom. The van der Waals surface area contributed by atoms with Crippen LogP contribution in [0.2, 0.25) is 0 Å². The lowest BCUT2D eigenvalue weighted by Gasteiger charge is -2.06. The van der Waals surface area contributed by atoms with Crippen LogP contribution in [0.4, 0.5) is 0 Å². The summed E-state index contributed by atoms with van der Waals surface area (Å²) in [7, 11) is 0. The highest BCUT2D eigenvalue weighted by Crippen LogP contribution is 2.25. The van der Waals surface area contributed by atoms with Gasteiger partial charge < -0.3 is 10.2 Å². The van der Waals surface area contributed by atoms with E-state index in [-0.39, 0.29) is 22.8 Å². The second kappa shape index (κ2) is 4.53. The molecule has 0 aromatic heterocycles. The fourth-order valence-electron chi connectivity index (χ4n) is 1.75. The molecule has 3 nitrogen and oxygen atoms in total. The average Bonchev–Trinajstić information content (AvgIpc) is 2.32. The molecule has 18 heavy (non-hydrogen) atoms. The van der Waals surface area contributed by atoms with Gasteiger partial charge in [0.15, 0.2) is 5.78 Å². The summed E-state index contributed by atoms with van der Waals surface area (Å²) in [6, 6.07) is 9.37. The van der Waals surface area contributed by atoms with Crippen LogP contribution in [-0.2, 0) is 0 Å². The van der Waals surface area contributed by atoms with E-state index in [1.165, 1.54) is 12.1 Å². The molecular formula is C15H14O3. The molecule has 0 spiro atoms. The molecule has 2 N–H and O–H groups in total. The molecule has 0 aliphatic rings. The minimum absolute atomic E-state index is 0.0656. The average molecular weight is 242 g/mol. The maximum absolute atomic E-state index is 12.2. The van der Waals surface area contributed by atoms with Crippen molar-refractivity contribution < 1.29 is 15.0 Å². The van der Waals surface area contributed by atoms with Gasteiger partial charge in [-0.15, -0.1) is 0 Å². The Bertz CT molecular complexity index is 615. The molecule has 0 atom stereocenters. The van der Waals surface area contributed by atoms with Crippen molar-refractivity contribution in [2.24, 2.45) is 0 Å². The van der Waals surface area contributed by atoms with Crippen molar-refractivity contribution >= 4 is 5.78 Å². The Morgan fingerprint density at radius 3 is 2.28 bits per heavy atom. The Balaban J connectivity index is 2.44. The van der Waals surface area contributed by atoms with E-state index in [9.17, 15) is 15.0 Å². The van der Waals surface area contributed by atoms with Crippen LogP contribution in [0.3, 0.4) is 0 Å². The lowest BCUT2D eigenvalue weighted by molar-refractivity contribution is 0.103. The van der Waals surface area contributed by atoms with Gasteiger partial charge in [-0.1, -0.05) is 12.1 Å². The molecule has 0 radical (unpaired) electrons. The number of phenols is 2. The van der Waals surface area contributed by atoms with Gasteiger partial charge in [0, 0.05) is 11.6 Å². The van der Waals surface area contributed by atoms with Gasteiger partial charge in [0.1, 0.15) is 11.5 Å². The highest BCUT2D eigenvalue weighted by Gasteiger charge is 2.14. The third-order valence-corrected chi connectivity index (χ3v) is 3.00. The number of carbonyl (C=O) groups excluding carboxylic acids is 1. The van der Waals surface area contributed by atoms with E-state index in [1.54, 1.807) is 12.1 Å². The van der Waals surface area contributed by atoms with E-state index in [0.29, 0.717) is 5.56 Å². The first-order chi connectivity index (χ1) is 8.49. The summed E-state index contributed by atoms with van der Waals surface area (Å²) >= 11 is 0. The standard InChI is InChI=1S/C15H14O3/c1-9-3-4-11(7-10(9)2)15(18)13-6-5-12(16)8-14(13)17/h3-8,16-17H,1-2H3. The maximum atomic E-state index is 12.2. The molecule has 3 heteroatoms. The Kier molecular flexibility index (Phi) is 3.06. The number of aromatic hydroxyl groups is 2. The molecule has 0 fully saturated rings. The Hall–Kier alpha value is -2.29. The molecule has 0 saturated heterocycles. The quantitative estimate of drug-likeness (QED) is 0.796. The summed E-state index contributed by atoms with van der Waals surface area (Å²) in [5.74, 6) is -0.530. The molecule has 0 bridgehead atoms. The van der Waals surface area contributed by atoms with Crippen molar-refractivity contribution in [3.63, 3.8) is 0 Å². The van der Waals surface area contributed by atoms with Crippen LogP contribution in [0.1, 0.15) is 27.0 Å². The zero-order valence-corrected chi connectivity index (χ0v) is 10.3. The summed E-state index contributed by atoms with van der Waals surface area (Å²) in [6.45, 7) is 3.91. The van der Waals surface area contributed by atoms with Crippen LogP contribution < -0.4 is 0 Å². The third-order valence-electron chi connectivity index (χ3n) is 3.00. The monoisotopic (exact) mass is 242 g/mol. The molecular weight excluding hydrogens is 228 g/mol. The van der Waals surface area contributed by atoms with E-state index < -0.39 is 0 Å². The van der Waals surface area contributed by atoms with Gasteiger partial charge in [0.05, 0.1) is 5.56 Å². The molecule has 2 rings (SSSR count). The van der Waals surface area contributed by atoms with Crippen molar-refractivity contribution in [1.29, 1.82) is 0 Å². The molecule has 0 amide bonds. The molecule has 0 saturated carbocycles. The van der Waals surface area contributed by atoms with Crippen LogP contribution in [0.5, 0.6) is 11.5 Å². The smallest absolute Gasteiger partial charge is 0.196 e. The van der Waals surface area contributed by atoms with Gasteiger partial charge in [-0.25, -0.2) is 0 Å². The van der Waals surface area contributed by atoms with E-state index in [0.717, 1.165) is 17.2 Å².